The van der Waals surface area contributed by atoms with Crippen LogP contribution in [-0.4, -0.2) is 34.1 Å². The largest absolute Gasteiger partial charge is 0.452 e. The number of esters is 1. The van der Waals surface area contributed by atoms with Crippen molar-refractivity contribution in [2.45, 2.75) is 12.5 Å². The molecule has 1 amide bonds. The van der Waals surface area contributed by atoms with Gasteiger partial charge in [0.25, 0.3) is 11.6 Å². The van der Waals surface area contributed by atoms with Crippen LogP contribution in [0.25, 0.3) is 0 Å². The van der Waals surface area contributed by atoms with E-state index in [0.29, 0.717) is 6.42 Å². The maximum atomic E-state index is 12.9. The third-order valence-electron chi connectivity index (χ3n) is 4.63. The minimum atomic E-state index is -0.856. The summed E-state index contributed by atoms with van der Waals surface area (Å²) in [6.07, 6.45) is 0.560. The van der Waals surface area contributed by atoms with Crippen LogP contribution < -0.4 is 5.73 Å². The number of hydrazone groups is 1. The first kappa shape index (κ1) is 20.7. The van der Waals surface area contributed by atoms with Crippen molar-refractivity contribution in [1.82, 2.24) is 5.01 Å². The van der Waals surface area contributed by atoms with Crippen molar-refractivity contribution in [2.75, 3.05) is 12.3 Å². The van der Waals surface area contributed by atoms with Gasteiger partial charge in [0.1, 0.15) is 5.69 Å². The molecule has 0 fully saturated rings. The predicted octanol–water partition coefficient (Wildman–Crippen LogP) is 3.83. The highest BCUT2D eigenvalue weighted by atomic mass is 32.1. The molecule has 0 bridgehead atoms. The lowest BCUT2D eigenvalue weighted by molar-refractivity contribution is -0.383. The van der Waals surface area contributed by atoms with Crippen molar-refractivity contribution in [3.63, 3.8) is 0 Å². The predicted molar refractivity (Wildman–Crippen MR) is 117 cm³/mol. The molecule has 1 atom stereocenters. The second-order valence-electron chi connectivity index (χ2n) is 6.60. The van der Waals surface area contributed by atoms with Crippen molar-refractivity contribution in [3.05, 3.63) is 78.7 Å². The summed E-state index contributed by atoms with van der Waals surface area (Å²) in [5.41, 5.74) is 5.81. The number of carbonyl (C=O) groups is 2. The third kappa shape index (κ3) is 4.32. The van der Waals surface area contributed by atoms with Gasteiger partial charge < -0.3 is 10.5 Å². The fraction of sp³-hybridized carbons (Fsp3) is 0.150. The number of carbonyl (C=O) groups excluding carboxylic acids is 2. The Hall–Kier alpha value is -3.57. The summed E-state index contributed by atoms with van der Waals surface area (Å²) < 4.78 is 5.11. The molecule has 2 N–H and O–H groups in total. The molecule has 11 heteroatoms. The summed E-state index contributed by atoms with van der Waals surface area (Å²) in [6, 6.07) is 11.0. The van der Waals surface area contributed by atoms with Gasteiger partial charge in [-0.1, -0.05) is 12.1 Å². The standard InChI is InChI=1S/C20H16N4O5S2/c21-13-6-5-12(9-15(13)24(27)28)20(26)29-11-19(25)23-16(18-4-2-8-31-18)10-14(22-23)17-3-1-7-30-17/h1-9,16H,10-11,21H2. The van der Waals surface area contributed by atoms with Crippen LogP contribution in [0.4, 0.5) is 11.4 Å². The van der Waals surface area contributed by atoms with Gasteiger partial charge in [0, 0.05) is 17.4 Å². The van der Waals surface area contributed by atoms with E-state index in [-0.39, 0.29) is 17.3 Å². The van der Waals surface area contributed by atoms with E-state index >= 15 is 0 Å². The molecule has 0 saturated carbocycles. The number of nitro benzene ring substituents is 1. The number of hydrogen-bond donors (Lipinski definition) is 1. The highest BCUT2D eigenvalue weighted by Gasteiger charge is 2.34. The van der Waals surface area contributed by atoms with Crippen molar-refractivity contribution in [1.29, 1.82) is 0 Å². The Morgan fingerprint density at radius 1 is 1.23 bits per heavy atom. The first-order valence-electron chi connectivity index (χ1n) is 9.12. The van der Waals surface area contributed by atoms with Crippen LogP contribution in [0.2, 0.25) is 0 Å². The highest BCUT2D eigenvalue weighted by Crippen LogP contribution is 2.36. The van der Waals surface area contributed by atoms with Gasteiger partial charge in [-0.15, -0.1) is 22.7 Å². The second kappa shape index (κ2) is 8.66. The lowest BCUT2D eigenvalue weighted by Gasteiger charge is -2.20. The summed E-state index contributed by atoms with van der Waals surface area (Å²) in [6.45, 7) is -0.542. The molecule has 1 aromatic carbocycles. The Kier molecular flexibility index (Phi) is 5.78. The van der Waals surface area contributed by atoms with Crippen LogP contribution in [0, 0.1) is 10.1 Å². The lowest BCUT2D eigenvalue weighted by Crippen LogP contribution is -2.31. The van der Waals surface area contributed by atoms with Crippen LogP contribution in [0.3, 0.4) is 0 Å². The van der Waals surface area contributed by atoms with Gasteiger partial charge in [0.05, 0.1) is 27.1 Å². The monoisotopic (exact) mass is 456 g/mol. The van der Waals surface area contributed by atoms with Gasteiger partial charge in [0.2, 0.25) is 0 Å². The van der Waals surface area contributed by atoms with E-state index in [9.17, 15) is 19.7 Å². The fourth-order valence-corrected chi connectivity index (χ4v) is 4.67. The van der Waals surface area contributed by atoms with Gasteiger partial charge in [-0.2, -0.15) is 5.10 Å². The quantitative estimate of drug-likeness (QED) is 0.260. The molecule has 2 aromatic heterocycles. The average Bonchev–Trinajstić information content (AvgIpc) is 3.52. The number of anilines is 1. The smallest absolute Gasteiger partial charge is 0.338 e. The first-order valence-corrected chi connectivity index (χ1v) is 10.9. The molecule has 0 aliphatic carbocycles. The molecule has 1 aliphatic heterocycles. The number of thiophene rings is 2. The Balaban J connectivity index is 1.49. The van der Waals surface area contributed by atoms with E-state index in [2.05, 4.69) is 5.10 Å². The van der Waals surface area contributed by atoms with Gasteiger partial charge in [-0.05, 0) is 35.0 Å². The van der Waals surface area contributed by atoms with E-state index in [1.165, 1.54) is 39.8 Å². The number of nitrogens with two attached hydrogens (primary N) is 1. The molecule has 4 rings (SSSR count). The number of hydrogen-bond acceptors (Lipinski definition) is 9. The highest BCUT2D eigenvalue weighted by molar-refractivity contribution is 7.12. The Morgan fingerprint density at radius 3 is 2.68 bits per heavy atom. The molecule has 158 valence electrons. The van der Waals surface area contributed by atoms with Crippen molar-refractivity contribution < 1.29 is 19.2 Å². The van der Waals surface area contributed by atoms with Gasteiger partial charge in [-0.25, -0.2) is 9.80 Å². The van der Waals surface area contributed by atoms with Crippen LogP contribution in [0.15, 0.2) is 58.3 Å². The molecule has 1 aliphatic rings. The fourth-order valence-electron chi connectivity index (χ4n) is 3.14. The molecule has 9 nitrogen and oxygen atoms in total. The number of ether oxygens (including phenoxy) is 1. The zero-order valence-electron chi connectivity index (χ0n) is 16.0. The number of nitrogen functional groups attached to an aromatic ring is 1. The summed E-state index contributed by atoms with van der Waals surface area (Å²) in [7, 11) is 0. The molecule has 0 radical (unpaired) electrons. The third-order valence-corrected chi connectivity index (χ3v) is 6.53. The van der Waals surface area contributed by atoms with Crippen molar-refractivity contribution >= 4 is 51.6 Å². The van der Waals surface area contributed by atoms with E-state index in [1.807, 2.05) is 35.0 Å². The first-order chi connectivity index (χ1) is 14.9. The van der Waals surface area contributed by atoms with E-state index < -0.39 is 29.1 Å². The van der Waals surface area contributed by atoms with Gasteiger partial charge >= 0.3 is 5.97 Å². The Labute approximate surface area is 184 Å². The number of nitrogens with zero attached hydrogens (tertiary/aromatic N) is 3. The van der Waals surface area contributed by atoms with Crippen molar-refractivity contribution in [3.8, 4) is 0 Å². The average molecular weight is 457 g/mol. The molecule has 31 heavy (non-hydrogen) atoms. The lowest BCUT2D eigenvalue weighted by atomic mass is 10.1. The molecule has 0 saturated heterocycles. The summed E-state index contributed by atoms with van der Waals surface area (Å²) in [5, 5.41) is 20.7. The number of nitro groups is 1. The normalized spacial score (nSPS) is 15.5. The number of rotatable bonds is 6. The molecular weight excluding hydrogens is 440 g/mol. The molecule has 3 aromatic rings. The minimum Gasteiger partial charge on any atom is -0.452 e. The van der Waals surface area contributed by atoms with E-state index in [4.69, 9.17) is 10.5 Å². The zero-order chi connectivity index (χ0) is 22.0. The second-order valence-corrected chi connectivity index (χ2v) is 8.53. The van der Waals surface area contributed by atoms with Gasteiger partial charge in [0.15, 0.2) is 6.61 Å². The molecule has 1 unspecified atom stereocenters. The van der Waals surface area contributed by atoms with Crippen LogP contribution in [0.5, 0.6) is 0 Å². The SMILES string of the molecule is Nc1ccc(C(=O)OCC(=O)N2N=C(c3cccs3)CC2c2cccs2)cc1[N+](=O)[O-]. The Morgan fingerprint density at radius 2 is 2.00 bits per heavy atom. The van der Waals surface area contributed by atoms with Crippen LogP contribution >= 0.6 is 22.7 Å². The molecular formula is C20H16N4O5S2. The number of amides is 1. The summed E-state index contributed by atoms with van der Waals surface area (Å²) >= 11 is 3.06. The minimum absolute atomic E-state index is 0.0623. The van der Waals surface area contributed by atoms with E-state index in [0.717, 1.165) is 21.5 Å². The molecule has 3 heterocycles. The summed E-state index contributed by atoms with van der Waals surface area (Å²) in [4.78, 5) is 37.5. The van der Waals surface area contributed by atoms with Crippen molar-refractivity contribution in [2.24, 2.45) is 5.10 Å². The summed E-state index contributed by atoms with van der Waals surface area (Å²) in [5.74, 6) is -1.34. The number of benzene rings is 1. The topological polar surface area (TPSA) is 128 Å². The van der Waals surface area contributed by atoms with E-state index in [1.54, 1.807) is 0 Å². The molecule has 0 spiro atoms. The Bertz CT molecular complexity index is 1160. The maximum absolute atomic E-state index is 12.9. The van der Waals surface area contributed by atoms with Gasteiger partial charge in [-0.3, -0.25) is 14.9 Å². The van der Waals surface area contributed by atoms with Crippen LogP contribution in [0.1, 0.15) is 32.6 Å². The maximum Gasteiger partial charge on any atom is 0.338 e. The van der Waals surface area contributed by atoms with Crippen LogP contribution in [-0.2, 0) is 9.53 Å². The zero-order valence-corrected chi connectivity index (χ0v) is 17.6.